The van der Waals surface area contributed by atoms with Crippen molar-refractivity contribution >= 4 is 76.2 Å². The van der Waals surface area contributed by atoms with Gasteiger partial charge in [0.15, 0.2) is 0 Å². The third-order valence-corrected chi connectivity index (χ3v) is 26.0. The molecule has 8 nitrogen and oxygen atoms in total. The van der Waals surface area contributed by atoms with Gasteiger partial charge in [0.1, 0.15) is 23.0 Å². The third kappa shape index (κ3) is 10.4. The SMILES string of the molecule is N#Cc1ccc2c(c1)c1ccccc1n2-c1ccc(-c2ccc3c(c2)nc(-c2ccccc2)c2ccc4c(c23)Oc2ccccc2C42c3ccccc3-c3ccccc32)cc1.c1ccc(-c2nc3ccc(-c4ccc5c(c4)nc(-c4ccccc4)c4ccc6c(c45)Oc4ccccc4C64c5ccccc5-c5ccccc54)cc3nc2-c2ccccc2)cc1. The Morgan fingerprint density at radius 2 is 0.593 bits per heavy atom. The first-order valence-electron chi connectivity index (χ1n) is 41.8. The molecule has 0 atom stereocenters. The van der Waals surface area contributed by atoms with E-state index in [1.165, 1.54) is 44.5 Å². The molecule has 0 amide bonds. The van der Waals surface area contributed by atoms with E-state index in [1.54, 1.807) is 0 Å². The Hall–Kier alpha value is -16.5. The summed E-state index contributed by atoms with van der Waals surface area (Å²) in [6, 6.07) is 149. The van der Waals surface area contributed by atoms with Gasteiger partial charge < -0.3 is 14.0 Å². The summed E-state index contributed by atoms with van der Waals surface area (Å²) in [6.45, 7) is 0. The second-order valence-electron chi connectivity index (χ2n) is 32.3. The number of para-hydroxylation sites is 3. The molecule has 0 radical (unpaired) electrons. The molecule has 18 aromatic carbocycles. The van der Waals surface area contributed by atoms with Crippen LogP contribution < -0.4 is 9.47 Å². The molecule has 4 aromatic heterocycles. The smallest absolute Gasteiger partial charge is 0.140 e. The monoisotopic (exact) mass is 1560 g/mol. The lowest BCUT2D eigenvalue weighted by Gasteiger charge is -2.40. The molecule has 26 rings (SSSR count). The summed E-state index contributed by atoms with van der Waals surface area (Å²) < 4.78 is 16.7. The van der Waals surface area contributed by atoms with Crippen molar-refractivity contribution in [3.05, 3.63) is 463 Å². The van der Waals surface area contributed by atoms with Crippen LogP contribution >= 0.6 is 0 Å². The minimum Gasteiger partial charge on any atom is -0.456 e. The maximum absolute atomic E-state index is 9.65. The summed E-state index contributed by atoms with van der Waals surface area (Å²) in [7, 11) is 0. The molecule has 2 spiro atoms. The van der Waals surface area contributed by atoms with Crippen LogP contribution in [0.1, 0.15) is 50.1 Å². The second-order valence-corrected chi connectivity index (χ2v) is 32.3. The Bertz CT molecular complexity index is 8170. The van der Waals surface area contributed by atoms with Crippen molar-refractivity contribution in [3.63, 3.8) is 0 Å². The number of fused-ring (bicyclic) bond motifs is 30. The lowest BCUT2D eigenvalue weighted by atomic mass is 9.65. The van der Waals surface area contributed by atoms with Crippen LogP contribution in [0.3, 0.4) is 0 Å². The van der Waals surface area contributed by atoms with Crippen LogP contribution in [0.5, 0.6) is 23.0 Å². The average molecular weight is 1570 g/mol. The molecule has 0 unspecified atom stereocenters. The highest BCUT2D eigenvalue weighted by atomic mass is 16.5. The molecule has 0 bridgehead atoms. The van der Waals surface area contributed by atoms with Crippen molar-refractivity contribution < 1.29 is 9.47 Å². The van der Waals surface area contributed by atoms with Crippen molar-refractivity contribution in [1.29, 1.82) is 5.26 Å². The van der Waals surface area contributed by atoms with E-state index in [2.05, 4.69) is 375 Å². The quantitative estimate of drug-likeness (QED) is 0.147. The molecule has 570 valence electrons. The topological polar surface area (TPSA) is 98.7 Å². The van der Waals surface area contributed by atoms with Crippen LogP contribution in [0.2, 0.25) is 0 Å². The van der Waals surface area contributed by atoms with E-state index in [-0.39, 0.29) is 0 Å². The van der Waals surface area contributed by atoms with Gasteiger partial charge in [0.05, 0.1) is 78.3 Å². The predicted octanol–water partition coefficient (Wildman–Crippen LogP) is 28.6. The van der Waals surface area contributed by atoms with Gasteiger partial charge in [-0.15, -0.1) is 0 Å². The van der Waals surface area contributed by atoms with Crippen LogP contribution in [0.4, 0.5) is 0 Å². The van der Waals surface area contributed by atoms with Crippen LogP contribution in [0, 0.1) is 11.3 Å². The summed E-state index contributed by atoms with van der Waals surface area (Å²) in [5.74, 6) is 3.47. The van der Waals surface area contributed by atoms with Gasteiger partial charge in [-0.3, -0.25) is 0 Å². The molecule has 8 heteroatoms. The molecule has 123 heavy (non-hydrogen) atoms. The first-order chi connectivity index (χ1) is 60.9. The maximum Gasteiger partial charge on any atom is 0.140 e. The molecule has 22 aromatic rings. The fraction of sp³-hybridized carbons (Fsp3) is 0.0174. The van der Waals surface area contributed by atoms with Gasteiger partial charge in [-0.2, -0.15) is 5.26 Å². The Morgan fingerprint density at radius 1 is 0.236 bits per heavy atom. The zero-order valence-electron chi connectivity index (χ0n) is 66.3. The van der Waals surface area contributed by atoms with Gasteiger partial charge >= 0.3 is 0 Å². The van der Waals surface area contributed by atoms with Gasteiger partial charge in [-0.25, -0.2) is 19.9 Å². The summed E-state index contributed by atoms with van der Waals surface area (Å²) >= 11 is 0. The van der Waals surface area contributed by atoms with E-state index in [0.29, 0.717) is 5.56 Å². The fourth-order valence-corrected chi connectivity index (χ4v) is 20.7. The number of nitrogens with zero attached hydrogens (tertiary/aromatic N) is 6. The number of benzene rings is 18. The van der Waals surface area contributed by atoms with Crippen molar-refractivity contribution in [2.45, 2.75) is 10.8 Å². The molecule has 2 aliphatic carbocycles. The van der Waals surface area contributed by atoms with E-state index < -0.39 is 10.8 Å². The van der Waals surface area contributed by atoms with Crippen molar-refractivity contribution in [2.24, 2.45) is 0 Å². The number of aromatic nitrogens is 5. The molecule has 2 aliphatic heterocycles. The highest BCUT2D eigenvalue weighted by molar-refractivity contribution is 6.18. The molecular weight excluding hydrogens is 1500 g/mol. The highest BCUT2D eigenvalue weighted by Crippen LogP contribution is 2.66. The Kier molecular flexibility index (Phi) is 15.5. The van der Waals surface area contributed by atoms with Crippen molar-refractivity contribution in [2.75, 3.05) is 0 Å². The van der Waals surface area contributed by atoms with Crippen LogP contribution in [-0.4, -0.2) is 24.5 Å². The summed E-state index contributed by atoms with van der Waals surface area (Å²) in [6.07, 6.45) is 0. The van der Waals surface area contributed by atoms with E-state index in [4.69, 9.17) is 29.4 Å². The van der Waals surface area contributed by atoms with E-state index in [0.717, 1.165) is 194 Å². The predicted molar refractivity (Wildman–Crippen MR) is 498 cm³/mol. The minimum absolute atomic E-state index is 0.565. The van der Waals surface area contributed by atoms with E-state index in [9.17, 15) is 5.26 Å². The number of hydrogen-bond donors (Lipinski definition) is 0. The van der Waals surface area contributed by atoms with Gasteiger partial charge in [0.2, 0.25) is 0 Å². The molecule has 0 N–H and O–H groups in total. The second kappa shape index (κ2) is 27.3. The first kappa shape index (κ1) is 69.6. The largest absolute Gasteiger partial charge is 0.456 e. The fourth-order valence-electron chi connectivity index (χ4n) is 20.7. The standard InChI is InChI=1S/C58H35N3O.C57H33N3O/c1-4-16-36(17-5-1)54-44-31-32-48-57(62-52-27-15-14-26-47(52)58(48)45-24-12-10-22-41(45)42-23-11-13-25-46(42)58)53(44)43-30-28-39(34-50(43)60-54)40-29-33-49-51(35-40)61-56(38-20-8-3-9-21-38)55(59-49)37-18-6-2-7-19-37;58-34-35-22-31-52-45(32-35)42-16-6-10-20-51(42)60(52)39-26-23-36(24-27-39)38-25-28-43-50(33-38)59-55(37-12-2-1-3-13-37)44-29-30-49-56(54(43)44)61-53-21-11-9-19-48(53)57(49)46-17-7-4-14-40(46)41-15-5-8-18-47(41)57/h1-35H;1-33H. The Labute approximate surface area is 708 Å². The normalized spacial score (nSPS) is 13.1. The molecule has 0 saturated heterocycles. The average Bonchev–Trinajstić information content (AvgIpc) is 1.57. The van der Waals surface area contributed by atoms with Crippen molar-refractivity contribution in [3.8, 4) is 124 Å². The Balaban J connectivity index is 0.000000135. The zero-order valence-corrected chi connectivity index (χ0v) is 66.3. The third-order valence-electron chi connectivity index (χ3n) is 26.0. The van der Waals surface area contributed by atoms with Gasteiger partial charge in [0.25, 0.3) is 0 Å². The minimum atomic E-state index is -0.570. The molecule has 6 heterocycles. The first-order valence-corrected chi connectivity index (χ1v) is 41.8. The molecule has 0 fully saturated rings. The summed E-state index contributed by atoms with van der Waals surface area (Å²) in [4.78, 5) is 21.5. The highest BCUT2D eigenvalue weighted by Gasteiger charge is 2.53. The summed E-state index contributed by atoms with van der Waals surface area (Å²) in [5.41, 5.74) is 32.9. The molecule has 0 saturated carbocycles. The number of hydrogen-bond acceptors (Lipinski definition) is 7. The lowest BCUT2D eigenvalue weighted by Crippen LogP contribution is -2.32. The zero-order chi connectivity index (χ0) is 81.0. The Morgan fingerprint density at radius 3 is 1.07 bits per heavy atom. The van der Waals surface area contributed by atoms with Crippen LogP contribution in [0.15, 0.2) is 413 Å². The van der Waals surface area contributed by atoms with Gasteiger partial charge in [-0.1, -0.05) is 340 Å². The lowest BCUT2D eigenvalue weighted by molar-refractivity contribution is 0.442. The molecular formula is C115H68N6O2. The van der Waals surface area contributed by atoms with Crippen LogP contribution in [-0.2, 0) is 10.8 Å². The van der Waals surface area contributed by atoms with Gasteiger partial charge in [-0.05, 0) is 140 Å². The number of pyridine rings is 2. The van der Waals surface area contributed by atoms with Crippen molar-refractivity contribution in [1.82, 2.24) is 24.5 Å². The number of nitriles is 1. The number of rotatable bonds is 7. The maximum atomic E-state index is 9.65. The summed E-state index contributed by atoms with van der Waals surface area (Å²) in [5, 5.41) is 18.1. The van der Waals surface area contributed by atoms with Crippen LogP contribution in [0.25, 0.3) is 171 Å². The number of ether oxygens (including phenoxy) is 2. The van der Waals surface area contributed by atoms with E-state index >= 15 is 0 Å². The van der Waals surface area contributed by atoms with E-state index in [1.807, 2.05) is 48.5 Å². The molecule has 4 aliphatic rings. The van der Waals surface area contributed by atoms with Gasteiger partial charge in [0, 0.05) is 93.3 Å².